The van der Waals surface area contributed by atoms with Crippen LogP contribution in [0.25, 0.3) is 0 Å². The molecule has 0 bridgehead atoms. The number of anilines is 1. The number of nitrogens with one attached hydrogen (secondary N) is 1. The van der Waals surface area contributed by atoms with E-state index in [1.165, 1.54) is 43.0 Å². The molecule has 1 aliphatic carbocycles. The zero-order valence-electron chi connectivity index (χ0n) is 14.6. The summed E-state index contributed by atoms with van der Waals surface area (Å²) < 4.78 is 2.14. The van der Waals surface area contributed by atoms with Crippen molar-refractivity contribution in [3.8, 4) is 0 Å². The molecule has 25 heavy (non-hydrogen) atoms. The molecule has 1 saturated carbocycles. The van der Waals surface area contributed by atoms with Crippen molar-refractivity contribution in [3.05, 3.63) is 29.0 Å². The Balaban J connectivity index is 1.30. The fourth-order valence-corrected chi connectivity index (χ4v) is 4.53. The minimum Gasteiger partial charge on any atom is -0.302 e. The van der Waals surface area contributed by atoms with E-state index in [0.29, 0.717) is 11.0 Å². The summed E-state index contributed by atoms with van der Waals surface area (Å²) in [5.41, 5.74) is 1.42. The van der Waals surface area contributed by atoms with Crippen LogP contribution in [0.5, 0.6) is 0 Å². The Hall–Kier alpha value is -1.73. The molecule has 7 heteroatoms. The van der Waals surface area contributed by atoms with Crippen LogP contribution in [0.2, 0.25) is 0 Å². The van der Waals surface area contributed by atoms with Gasteiger partial charge < -0.3 is 5.32 Å². The standard InChI is InChI=1S/C18H25N5OS/c1-13(24)21-18-19-8-17(25-18)12-22-6-2-3-14(9-22)10-23-11-16(7-20-23)15-4-5-15/h7-8,11,14-15H,2-6,9-10,12H2,1H3,(H,19,21,24). The van der Waals surface area contributed by atoms with Gasteiger partial charge >= 0.3 is 0 Å². The van der Waals surface area contributed by atoms with Gasteiger partial charge in [-0.05, 0) is 49.6 Å². The third-order valence-electron chi connectivity index (χ3n) is 4.97. The molecule has 1 aliphatic heterocycles. The van der Waals surface area contributed by atoms with Crippen molar-refractivity contribution in [2.45, 2.75) is 51.6 Å². The molecule has 1 saturated heterocycles. The van der Waals surface area contributed by atoms with Crippen LogP contribution in [0.3, 0.4) is 0 Å². The van der Waals surface area contributed by atoms with Crippen molar-refractivity contribution < 1.29 is 4.79 Å². The Bertz CT molecular complexity index is 735. The van der Waals surface area contributed by atoms with Crippen molar-refractivity contribution in [2.75, 3.05) is 18.4 Å². The normalized spacial score (nSPS) is 21.4. The monoisotopic (exact) mass is 359 g/mol. The van der Waals surface area contributed by atoms with E-state index in [-0.39, 0.29) is 5.91 Å². The summed E-state index contributed by atoms with van der Waals surface area (Å²) >= 11 is 1.57. The van der Waals surface area contributed by atoms with Crippen molar-refractivity contribution in [1.29, 1.82) is 0 Å². The largest absolute Gasteiger partial charge is 0.302 e. The van der Waals surface area contributed by atoms with Gasteiger partial charge in [-0.2, -0.15) is 5.10 Å². The summed E-state index contributed by atoms with van der Waals surface area (Å²) in [6.07, 6.45) is 11.4. The Morgan fingerprint density at radius 2 is 2.24 bits per heavy atom. The minimum atomic E-state index is -0.0660. The molecular weight excluding hydrogens is 334 g/mol. The summed E-state index contributed by atoms with van der Waals surface area (Å²) in [6, 6.07) is 0. The first-order chi connectivity index (χ1) is 12.2. The van der Waals surface area contributed by atoms with Gasteiger partial charge in [-0.25, -0.2) is 4.98 Å². The van der Waals surface area contributed by atoms with Gasteiger partial charge in [0.15, 0.2) is 5.13 Å². The second-order valence-electron chi connectivity index (χ2n) is 7.33. The van der Waals surface area contributed by atoms with Crippen LogP contribution >= 0.6 is 11.3 Å². The van der Waals surface area contributed by atoms with Gasteiger partial charge in [-0.3, -0.25) is 14.4 Å². The number of amides is 1. The molecule has 2 aromatic heterocycles. The smallest absolute Gasteiger partial charge is 0.223 e. The van der Waals surface area contributed by atoms with Crippen molar-refractivity contribution in [2.24, 2.45) is 5.92 Å². The SMILES string of the molecule is CC(=O)Nc1ncc(CN2CCCC(Cn3cc(C4CC4)cn3)C2)s1. The van der Waals surface area contributed by atoms with Crippen molar-refractivity contribution >= 4 is 22.4 Å². The van der Waals surface area contributed by atoms with Gasteiger partial charge in [0.25, 0.3) is 0 Å². The molecule has 0 aromatic carbocycles. The van der Waals surface area contributed by atoms with Gasteiger partial charge in [0, 0.05) is 43.8 Å². The lowest BCUT2D eigenvalue weighted by molar-refractivity contribution is -0.114. The maximum atomic E-state index is 11.1. The van der Waals surface area contributed by atoms with Crippen molar-refractivity contribution in [3.63, 3.8) is 0 Å². The zero-order valence-corrected chi connectivity index (χ0v) is 15.5. The fourth-order valence-electron chi connectivity index (χ4n) is 3.62. The first-order valence-corrected chi connectivity index (χ1v) is 9.94. The number of nitrogens with zero attached hydrogens (tertiary/aromatic N) is 4. The van der Waals surface area contributed by atoms with E-state index in [4.69, 9.17) is 0 Å². The quantitative estimate of drug-likeness (QED) is 0.861. The number of piperidine rings is 1. The highest BCUT2D eigenvalue weighted by Gasteiger charge is 2.26. The van der Waals surface area contributed by atoms with Gasteiger partial charge in [-0.1, -0.05) is 0 Å². The highest BCUT2D eigenvalue weighted by molar-refractivity contribution is 7.15. The summed E-state index contributed by atoms with van der Waals surface area (Å²) in [6.45, 7) is 5.69. The molecule has 0 radical (unpaired) electrons. The number of hydrogen-bond acceptors (Lipinski definition) is 5. The van der Waals surface area contributed by atoms with Gasteiger partial charge in [-0.15, -0.1) is 11.3 Å². The maximum absolute atomic E-state index is 11.1. The third-order valence-corrected chi connectivity index (χ3v) is 5.86. The topological polar surface area (TPSA) is 63.1 Å². The lowest BCUT2D eigenvalue weighted by Crippen LogP contribution is -2.36. The van der Waals surface area contributed by atoms with E-state index in [2.05, 4.69) is 37.4 Å². The van der Waals surface area contributed by atoms with E-state index >= 15 is 0 Å². The fraction of sp³-hybridized carbons (Fsp3) is 0.611. The zero-order chi connectivity index (χ0) is 17.2. The van der Waals surface area contributed by atoms with Crippen LogP contribution in [0.15, 0.2) is 18.6 Å². The molecule has 0 spiro atoms. The Morgan fingerprint density at radius 1 is 1.36 bits per heavy atom. The predicted molar refractivity (Wildman–Crippen MR) is 98.6 cm³/mol. The van der Waals surface area contributed by atoms with Gasteiger partial charge in [0.2, 0.25) is 5.91 Å². The van der Waals surface area contributed by atoms with E-state index in [1.54, 1.807) is 11.3 Å². The third kappa shape index (κ3) is 4.46. The average molecular weight is 359 g/mol. The molecule has 4 rings (SSSR count). The maximum Gasteiger partial charge on any atom is 0.223 e. The molecule has 1 N–H and O–H groups in total. The molecule has 134 valence electrons. The molecule has 1 amide bonds. The summed E-state index contributed by atoms with van der Waals surface area (Å²) in [4.78, 5) is 19.1. The molecule has 1 atom stereocenters. The summed E-state index contributed by atoms with van der Waals surface area (Å²) in [5.74, 6) is 1.37. The van der Waals surface area contributed by atoms with Crippen LogP contribution in [-0.2, 0) is 17.9 Å². The Kier molecular flexibility index (Phi) is 4.85. The number of likely N-dealkylation sites (tertiary alicyclic amines) is 1. The van der Waals surface area contributed by atoms with Gasteiger partial charge in [0.05, 0.1) is 6.20 Å². The lowest BCUT2D eigenvalue weighted by atomic mass is 9.98. The number of hydrogen-bond donors (Lipinski definition) is 1. The first kappa shape index (κ1) is 16.7. The van der Waals surface area contributed by atoms with Crippen LogP contribution < -0.4 is 5.32 Å². The van der Waals surface area contributed by atoms with Crippen LogP contribution in [0.4, 0.5) is 5.13 Å². The molecule has 2 aliphatic rings. The molecular formula is C18H25N5OS. The average Bonchev–Trinajstić information content (AvgIpc) is 3.17. The first-order valence-electron chi connectivity index (χ1n) is 9.12. The summed E-state index contributed by atoms with van der Waals surface area (Å²) in [7, 11) is 0. The molecule has 6 nitrogen and oxygen atoms in total. The van der Waals surface area contributed by atoms with Crippen molar-refractivity contribution in [1.82, 2.24) is 19.7 Å². The van der Waals surface area contributed by atoms with E-state index in [9.17, 15) is 4.79 Å². The van der Waals surface area contributed by atoms with E-state index in [0.717, 1.165) is 32.1 Å². The van der Waals surface area contributed by atoms with E-state index < -0.39 is 0 Å². The number of rotatable bonds is 6. The second-order valence-corrected chi connectivity index (χ2v) is 8.44. The minimum absolute atomic E-state index is 0.0660. The van der Waals surface area contributed by atoms with Crippen LogP contribution in [-0.4, -0.2) is 38.7 Å². The predicted octanol–water partition coefficient (Wildman–Crippen LogP) is 3.09. The second kappa shape index (κ2) is 7.25. The Labute approximate surface area is 152 Å². The number of carbonyl (C=O) groups is 1. The highest BCUT2D eigenvalue weighted by atomic mass is 32.1. The number of aromatic nitrogens is 3. The van der Waals surface area contributed by atoms with E-state index in [1.807, 2.05) is 6.20 Å². The highest BCUT2D eigenvalue weighted by Crippen LogP contribution is 2.39. The van der Waals surface area contributed by atoms with Crippen LogP contribution in [0.1, 0.15) is 49.0 Å². The summed E-state index contributed by atoms with van der Waals surface area (Å²) in [5, 5.41) is 8.01. The Morgan fingerprint density at radius 3 is 3.04 bits per heavy atom. The molecule has 3 heterocycles. The molecule has 1 unspecified atom stereocenters. The lowest BCUT2D eigenvalue weighted by Gasteiger charge is -2.32. The molecule has 2 aromatic rings. The number of thiazole rings is 1. The van der Waals surface area contributed by atoms with Crippen LogP contribution in [0, 0.1) is 5.92 Å². The molecule has 2 fully saturated rings. The number of carbonyl (C=O) groups excluding carboxylic acids is 1. The van der Waals surface area contributed by atoms with Gasteiger partial charge in [0.1, 0.15) is 0 Å².